The Morgan fingerprint density at radius 2 is 1.97 bits per heavy atom. The lowest BCUT2D eigenvalue weighted by Gasteiger charge is -2.49. The predicted octanol–water partition coefficient (Wildman–Crippen LogP) is 3.16. The molecular formula is C19H15Cl3N2O6S2. The van der Waals surface area contributed by atoms with Crippen molar-refractivity contribution in [3.63, 3.8) is 0 Å². The summed E-state index contributed by atoms with van der Waals surface area (Å²) in [5.74, 6) is -2.98. The van der Waals surface area contributed by atoms with E-state index in [1.54, 1.807) is 0 Å². The number of halogens is 3. The van der Waals surface area contributed by atoms with Crippen LogP contribution in [0, 0.1) is 0 Å². The molecule has 32 heavy (non-hydrogen) atoms. The standard InChI is InChI=1S/C19H15Cl3N2O6S2/c20-5-9-6-32-18-15(17(28)24(18)16(9)19(29)30)23-13(25)7-31-12-4-10(21)8(3-11(12)22)1-2-14(26)27/h1-4,15,18H,5-7H2,(H,23,25)(H,26,27)(H,29,30)/t15-,18-/m1/s1. The zero-order valence-corrected chi connectivity index (χ0v) is 19.9. The first-order valence-corrected chi connectivity index (χ1v) is 12.2. The van der Waals surface area contributed by atoms with Crippen molar-refractivity contribution < 1.29 is 29.4 Å². The summed E-state index contributed by atoms with van der Waals surface area (Å²) in [4.78, 5) is 48.7. The van der Waals surface area contributed by atoms with Crippen molar-refractivity contribution in [2.24, 2.45) is 0 Å². The first kappa shape index (κ1) is 24.8. The van der Waals surface area contributed by atoms with Crippen LogP contribution in [0.1, 0.15) is 5.56 Å². The summed E-state index contributed by atoms with van der Waals surface area (Å²) in [7, 11) is 0. The van der Waals surface area contributed by atoms with E-state index in [4.69, 9.17) is 39.9 Å². The van der Waals surface area contributed by atoms with Gasteiger partial charge in [0.25, 0.3) is 5.91 Å². The van der Waals surface area contributed by atoms with Gasteiger partial charge >= 0.3 is 11.9 Å². The van der Waals surface area contributed by atoms with Crippen molar-refractivity contribution >= 4 is 88.2 Å². The van der Waals surface area contributed by atoms with Crippen LogP contribution in [0.2, 0.25) is 10.0 Å². The van der Waals surface area contributed by atoms with Gasteiger partial charge in [0, 0.05) is 27.6 Å². The molecule has 2 aliphatic heterocycles. The van der Waals surface area contributed by atoms with Gasteiger partial charge in [-0.25, -0.2) is 9.59 Å². The van der Waals surface area contributed by atoms with Crippen molar-refractivity contribution in [2.45, 2.75) is 16.3 Å². The molecule has 0 bridgehead atoms. The van der Waals surface area contributed by atoms with Gasteiger partial charge in [0.05, 0.1) is 10.8 Å². The third-order valence-electron chi connectivity index (χ3n) is 4.54. The number of aliphatic carboxylic acids is 2. The Balaban J connectivity index is 1.61. The van der Waals surface area contributed by atoms with Crippen LogP contribution in [-0.4, -0.2) is 67.7 Å². The minimum absolute atomic E-state index is 0.00695. The van der Waals surface area contributed by atoms with Crippen LogP contribution in [0.15, 0.2) is 34.4 Å². The van der Waals surface area contributed by atoms with Crippen LogP contribution in [0.25, 0.3) is 6.08 Å². The fraction of sp³-hybridized carbons (Fsp3) is 0.263. The number of fused-ring (bicyclic) bond motifs is 1. The van der Waals surface area contributed by atoms with E-state index in [-0.39, 0.29) is 27.4 Å². The van der Waals surface area contributed by atoms with Crippen LogP contribution in [0.3, 0.4) is 0 Å². The summed E-state index contributed by atoms with van der Waals surface area (Å²) >= 11 is 20.6. The van der Waals surface area contributed by atoms with Gasteiger partial charge in [-0.1, -0.05) is 23.2 Å². The van der Waals surface area contributed by atoms with E-state index in [2.05, 4.69) is 5.32 Å². The number of β-lactam (4-membered cyclic amide) rings is 1. The van der Waals surface area contributed by atoms with Crippen molar-refractivity contribution in [2.75, 3.05) is 17.4 Å². The molecule has 0 aliphatic carbocycles. The fourth-order valence-electron chi connectivity index (χ4n) is 3.09. The summed E-state index contributed by atoms with van der Waals surface area (Å²) in [6, 6.07) is 2.18. The Morgan fingerprint density at radius 3 is 2.59 bits per heavy atom. The molecule has 13 heteroatoms. The molecule has 1 aromatic carbocycles. The largest absolute Gasteiger partial charge is 0.478 e. The minimum Gasteiger partial charge on any atom is -0.478 e. The molecule has 0 unspecified atom stereocenters. The molecule has 2 aliphatic rings. The van der Waals surface area contributed by atoms with Gasteiger partial charge in [-0.2, -0.15) is 0 Å². The van der Waals surface area contributed by atoms with E-state index >= 15 is 0 Å². The van der Waals surface area contributed by atoms with Gasteiger partial charge < -0.3 is 15.5 Å². The number of hydrogen-bond donors (Lipinski definition) is 3. The molecule has 2 amide bonds. The number of nitrogens with zero attached hydrogens (tertiary/aromatic N) is 1. The number of carbonyl (C=O) groups excluding carboxylic acids is 2. The van der Waals surface area contributed by atoms with Gasteiger partial charge in [0.2, 0.25) is 5.91 Å². The van der Waals surface area contributed by atoms with Crippen LogP contribution >= 0.6 is 58.3 Å². The summed E-state index contributed by atoms with van der Waals surface area (Å²) in [5, 5.41) is 20.8. The zero-order valence-electron chi connectivity index (χ0n) is 16.0. The van der Waals surface area contributed by atoms with Crippen molar-refractivity contribution in [3.05, 3.63) is 45.1 Å². The number of carbonyl (C=O) groups is 4. The van der Waals surface area contributed by atoms with E-state index in [1.165, 1.54) is 30.0 Å². The maximum Gasteiger partial charge on any atom is 0.352 e. The maximum absolute atomic E-state index is 12.5. The molecule has 0 aromatic heterocycles. The van der Waals surface area contributed by atoms with Crippen molar-refractivity contribution in [1.29, 1.82) is 0 Å². The number of nitrogens with one attached hydrogen (secondary N) is 1. The van der Waals surface area contributed by atoms with Crippen molar-refractivity contribution in [3.8, 4) is 0 Å². The Labute approximate surface area is 205 Å². The van der Waals surface area contributed by atoms with Gasteiger partial charge in [0.15, 0.2) is 0 Å². The Morgan fingerprint density at radius 1 is 1.25 bits per heavy atom. The lowest BCUT2D eigenvalue weighted by molar-refractivity contribution is -0.150. The van der Waals surface area contributed by atoms with Gasteiger partial charge in [-0.15, -0.1) is 35.1 Å². The Bertz CT molecular complexity index is 1060. The van der Waals surface area contributed by atoms with Crippen molar-refractivity contribution in [1.82, 2.24) is 10.2 Å². The van der Waals surface area contributed by atoms with Crippen LogP contribution in [0.4, 0.5) is 0 Å². The third-order valence-corrected chi connectivity index (χ3v) is 8.01. The van der Waals surface area contributed by atoms with Gasteiger partial charge in [-0.05, 0) is 29.3 Å². The second kappa shape index (κ2) is 10.4. The number of rotatable bonds is 8. The van der Waals surface area contributed by atoms with Crippen LogP contribution < -0.4 is 5.32 Å². The molecule has 0 spiro atoms. The first-order valence-electron chi connectivity index (χ1n) is 8.92. The average Bonchev–Trinajstić information content (AvgIpc) is 2.75. The lowest BCUT2D eigenvalue weighted by atomic mass is 10.0. The molecule has 3 rings (SSSR count). The summed E-state index contributed by atoms with van der Waals surface area (Å²) < 4.78 is 0. The van der Waals surface area contributed by atoms with Crippen LogP contribution in [-0.2, 0) is 19.2 Å². The first-order chi connectivity index (χ1) is 15.1. The quantitative estimate of drug-likeness (QED) is 0.200. The maximum atomic E-state index is 12.5. The van der Waals surface area contributed by atoms with Gasteiger partial charge in [-0.3, -0.25) is 14.5 Å². The molecule has 0 saturated carbocycles. The molecule has 2 heterocycles. The summed E-state index contributed by atoms with van der Waals surface area (Å²) in [6.07, 6.45) is 2.24. The number of carboxylic acid groups (broad SMARTS) is 2. The molecular weight excluding hydrogens is 523 g/mol. The molecule has 2 atom stereocenters. The predicted molar refractivity (Wildman–Crippen MR) is 124 cm³/mol. The van der Waals surface area contributed by atoms with E-state index in [0.717, 1.165) is 22.7 Å². The topological polar surface area (TPSA) is 124 Å². The highest BCUT2D eigenvalue weighted by Crippen LogP contribution is 2.40. The highest BCUT2D eigenvalue weighted by atomic mass is 35.5. The minimum atomic E-state index is -1.23. The summed E-state index contributed by atoms with van der Waals surface area (Å²) in [5.41, 5.74) is 0.760. The Hall–Kier alpha value is -1.85. The van der Waals surface area contributed by atoms with Gasteiger partial charge in [0.1, 0.15) is 17.1 Å². The van der Waals surface area contributed by atoms with E-state index < -0.39 is 35.2 Å². The normalized spacial score (nSPS) is 20.2. The molecule has 0 radical (unpaired) electrons. The van der Waals surface area contributed by atoms with E-state index in [9.17, 15) is 24.3 Å². The van der Waals surface area contributed by atoms with E-state index in [0.29, 0.717) is 21.8 Å². The number of thioether (sulfide) groups is 2. The average molecular weight is 538 g/mol. The lowest BCUT2D eigenvalue weighted by Crippen LogP contribution is -2.70. The zero-order chi connectivity index (χ0) is 23.6. The highest BCUT2D eigenvalue weighted by Gasteiger charge is 2.54. The number of carboxylic acids is 2. The molecule has 1 aromatic rings. The second-order valence-corrected chi connectivity index (χ2v) is 9.81. The van der Waals surface area contributed by atoms with Crippen LogP contribution in [0.5, 0.6) is 0 Å². The van der Waals surface area contributed by atoms with E-state index in [1.807, 2.05) is 0 Å². The second-order valence-electron chi connectivity index (χ2n) is 6.61. The third kappa shape index (κ3) is 5.20. The number of alkyl halides is 1. The molecule has 1 fully saturated rings. The SMILES string of the molecule is O=C(O)C=Cc1cc(Cl)c(SCC(=O)N[C@@H]2C(=O)N3C(C(=O)O)=C(CCl)CS[C@H]23)cc1Cl. The molecule has 170 valence electrons. The molecule has 1 saturated heterocycles. The number of benzene rings is 1. The summed E-state index contributed by atoms with van der Waals surface area (Å²) in [6.45, 7) is 0. The number of amides is 2. The number of hydrogen-bond acceptors (Lipinski definition) is 6. The highest BCUT2D eigenvalue weighted by molar-refractivity contribution is 8.00. The monoisotopic (exact) mass is 536 g/mol. The molecule has 8 nitrogen and oxygen atoms in total. The molecule has 3 N–H and O–H groups in total. The fourth-order valence-corrected chi connectivity index (χ4v) is 6.16. The Kier molecular flexibility index (Phi) is 8.05. The smallest absolute Gasteiger partial charge is 0.352 e.